The molecule has 4 nitrogen and oxygen atoms in total. The molecular weight excluding hydrogens is 242 g/mol. The maximum Gasteiger partial charge on any atom is 0.323 e. The molecule has 4 heteroatoms. The lowest BCUT2D eigenvalue weighted by Crippen LogP contribution is -2.15. The molecule has 0 aromatic heterocycles. The maximum absolute atomic E-state index is 11.4. The van der Waals surface area contributed by atoms with Gasteiger partial charge in [0.15, 0.2) is 0 Å². The summed E-state index contributed by atoms with van der Waals surface area (Å²) in [6.07, 6.45) is 4.01. The van der Waals surface area contributed by atoms with E-state index in [0.717, 1.165) is 11.3 Å². The Bertz CT molecular complexity index is 471. The summed E-state index contributed by atoms with van der Waals surface area (Å²) in [4.78, 5) is 11.4. The van der Waals surface area contributed by atoms with Crippen LogP contribution in [0.1, 0.15) is 18.9 Å². The van der Waals surface area contributed by atoms with E-state index in [-0.39, 0.29) is 0 Å². The number of hydrogen-bond acceptors (Lipinski definition) is 4. The zero-order valence-electron chi connectivity index (χ0n) is 11.1. The van der Waals surface area contributed by atoms with Gasteiger partial charge in [0, 0.05) is 0 Å². The summed E-state index contributed by atoms with van der Waals surface area (Å²) in [7, 11) is 1.61. The molecular formula is C15H17NO3. The number of rotatable bonds is 6. The van der Waals surface area contributed by atoms with E-state index >= 15 is 0 Å². The fraction of sp³-hybridized carbons (Fsp3) is 0.333. The van der Waals surface area contributed by atoms with Gasteiger partial charge in [-0.15, -0.1) is 0 Å². The summed E-state index contributed by atoms with van der Waals surface area (Å²) in [5.41, 5.74) is 0.987. The van der Waals surface area contributed by atoms with E-state index in [1.807, 2.05) is 36.4 Å². The predicted octanol–water partition coefficient (Wildman–Crippen LogP) is 2.80. The lowest BCUT2D eigenvalue weighted by atomic mass is 10.1. The van der Waals surface area contributed by atoms with Crippen LogP contribution in [0.15, 0.2) is 30.3 Å². The largest absolute Gasteiger partial charge is 0.497 e. The summed E-state index contributed by atoms with van der Waals surface area (Å²) in [5.74, 6) is -0.419. The topological polar surface area (TPSA) is 59.3 Å². The van der Waals surface area contributed by atoms with E-state index in [2.05, 4.69) is 0 Å². The number of ether oxygens (including phenoxy) is 2. The first kappa shape index (κ1) is 14.8. The molecule has 100 valence electrons. The van der Waals surface area contributed by atoms with Crippen LogP contribution in [0.25, 0.3) is 6.08 Å². The third kappa shape index (κ3) is 4.84. The molecule has 0 aliphatic rings. The fourth-order valence-corrected chi connectivity index (χ4v) is 1.50. The third-order valence-electron chi connectivity index (χ3n) is 2.52. The smallest absolute Gasteiger partial charge is 0.323 e. The number of carbonyl (C=O) groups is 1. The number of nitriles is 1. The van der Waals surface area contributed by atoms with Gasteiger partial charge in [-0.3, -0.25) is 4.79 Å². The van der Waals surface area contributed by atoms with Crippen molar-refractivity contribution in [2.24, 2.45) is 5.92 Å². The minimum Gasteiger partial charge on any atom is -0.497 e. The lowest BCUT2D eigenvalue weighted by molar-refractivity contribution is -0.145. The van der Waals surface area contributed by atoms with Gasteiger partial charge in [-0.05, 0) is 31.0 Å². The molecule has 19 heavy (non-hydrogen) atoms. The summed E-state index contributed by atoms with van der Waals surface area (Å²) in [6, 6.07) is 9.46. The van der Waals surface area contributed by atoms with Crippen LogP contribution in [0.2, 0.25) is 0 Å². The first-order valence-corrected chi connectivity index (χ1v) is 6.08. The normalized spacial score (nSPS) is 11.8. The second-order valence-electron chi connectivity index (χ2n) is 3.84. The van der Waals surface area contributed by atoms with E-state index in [9.17, 15) is 4.79 Å². The zero-order valence-corrected chi connectivity index (χ0v) is 11.1. The van der Waals surface area contributed by atoms with Crippen molar-refractivity contribution >= 4 is 12.0 Å². The fourth-order valence-electron chi connectivity index (χ4n) is 1.50. The van der Waals surface area contributed by atoms with E-state index in [1.54, 1.807) is 20.1 Å². The highest BCUT2D eigenvalue weighted by atomic mass is 16.5. The Balaban J connectivity index is 2.56. The Morgan fingerprint density at radius 2 is 2.11 bits per heavy atom. The molecule has 0 saturated heterocycles. The monoisotopic (exact) mass is 259 g/mol. The number of hydrogen-bond donors (Lipinski definition) is 0. The van der Waals surface area contributed by atoms with Crippen LogP contribution in [0.5, 0.6) is 5.75 Å². The van der Waals surface area contributed by atoms with Crippen LogP contribution in [-0.4, -0.2) is 19.7 Å². The van der Waals surface area contributed by atoms with Crippen molar-refractivity contribution in [3.05, 3.63) is 35.9 Å². The number of esters is 1. The SMILES string of the molecule is CCOC(=O)C(C#N)C/C=C/c1ccc(OC)cc1. The molecule has 1 rings (SSSR count). The van der Waals surface area contributed by atoms with E-state index in [1.165, 1.54) is 0 Å². The number of carbonyl (C=O) groups excluding carboxylic acids is 1. The van der Waals surface area contributed by atoms with Gasteiger partial charge >= 0.3 is 5.97 Å². The summed E-state index contributed by atoms with van der Waals surface area (Å²) in [6.45, 7) is 2.01. The average Bonchev–Trinajstić information content (AvgIpc) is 2.44. The summed E-state index contributed by atoms with van der Waals surface area (Å²) < 4.78 is 9.88. The molecule has 0 heterocycles. The minimum absolute atomic E-state index is 0.291. The molecule has 0 amide bonds. The van der Waals surface area contributed by atoms with Crippen LogP contribution in [0, 0.1) is 17.2 Å². The highest BCUT2D eigenvalue weighted by molar-refractivity contribution is 5.75. The third-order valence-corrected chi connectivity index (χ3v) is 2.52. The Morgan fingerprint density at radius 1 is 1.42 bits per heavy atom. The van der Waals surface area contributed by atoms with Gasteiger partial charge < -0.3 is 9.47 Å². The number of nitrogens with zero attached hydrogens (tertiary/aromatic N) is 1. The van der Waals surface area contributed by atoms with Crippen LogP contribution >= 0.6 is 0 Å². The van der Waals surface area contributed by atoms with Gasteiger partial charge in [0.1, 0.15) is 11.7 Å². The van der Waals surface area contributed by atoms with E-state index in [0.29, 0.717) is 13.0 Å². The molecule has 1 atom stereocenters. The van der Waals surface area contributed by atoms with Crippen molar-refractivity contribution < 1.29 is 14.3 Å². The van der Waals surface area contributed by atoms with Crippen LogP contribution < -0.4 is 4.74 Å². The minimum atomic E-state index is -0.741. The standard InChI is InChI=1S/C15H17NO3/c1-3-19-15(17)13(11-16)6-4-5-12-7-9-14(18-2)10-8-12/h4-5,7-10,13H,3,6H2,1-2H3/b5-4+. The van der Waals surface area contributed by atoms with E-state index in [4.69, 9.17) is 14.7 Å². The second-order valence-corrected chi connectivity index (χ2v) is 3.84. The van der Waals surface area contributed by atoms with Gasteiger partial charge in [0.2, 0.25) is 0 Å². The molecule has 0 saturated carbocycles. The van der Waals surface area contributed by atoms with Crippen molar-refractivity contribution in [2.45, 2.75) is 13.3 Å². The van der Waals surface area contributed by atoms with Crippen molar-refractivity contribution in [1.82, 2.24) is 0 Å². The van der Waals surface area contributed by atoms with Crippen LogP contribution in [0.3, 0.4) is 0 Å². The molecule has 1 unspecified atom stereocenters. The number of methoxy groups -OCH3 is 1. The average molecular weight is 259 g/mol. The van der Waals surface area contributed by atoms with Crippen LogP contribution in [-0.2, 0) is 9.53 Å². The second kappa shape index (κ2) is 7.93. The van der Waals surface area contributed by atoms with Crippen molar-refractivity contribution in [3.63, 3.8) is 0 Å². The molecule has 1 aromatic rings. The van der Waals surface area contributed by atoms with Crippen molar-refractivity contribution in [3.8, 4) is 11.8 Å². The molecule has 0 aliphatic heterocycles. The van der Waals surface area contributed by atoms with Crippen molar-refractivity contribution in [2.75, 3.05) is 13.7 Å². The molecule has 0 bridgehead atoms. The Morgan fingerprint density at radius 3 is 2.63 bits per heavy atom. The van der Waals surface area contributed by atoms with E-state index < -0.39 is 11.9 Å². The highest BCUT2D eigenvalue weighted by Gasteiger charge is 2.16. The highest BCUT2D eigenvalue weighted by Crippen LogP contribution is 2.13. The maximum atomic E-state index is 11.4. The first-order valence-electron chi connectivity index (χ1n) is 6.08. The zero-order chi connectivity index (χ0) is 14.1. The summed E-state index contributed by atoms with van der Waals surface area (Å²) >= 11 is 0. The Labute approximate surface area is 113 Å². The van der Waals surface area contributed by atoms with Gasteiger partial charge in [-0.2, -0.15) is 5.26 Å². The Kier molecular flexibility index (Phi) is 6.17. The first-order chi connectivity index (χ1) is 9.21. The molecule has 0 N–H and O–H groups in total. The van der Waals surface area contributed by atoms with Gasteiger partial charge in [0.25, 0.3) is 0 Å². The molecule has 0 spiro atoms. The van der Waals surface area contributed by atoms with Crippen molar-refractivity contribution in [1.29, 1.82) is 5.26 Å². The Hall–Kier alpha value is -2.28. The van der Waals surface area contributed by atoms with Gasteiger partial charge in [0.05, 0.1) is 19.8 Å². The molecule has 0 radical (unpaired) electrons. The van der Waals surface area contributed by atoms with Gasteiger partial charge in [-0.1, -0.05) is 24.3 Å². The molecule has 0 fully saturated rings. The quantitative estimate of drug-likeness (QED) is 0.737. The lowest BCUT2D eigenvalue weighted by Gasteiger charge is -2.05. The number of allylic oxidation sites excluding steroid dienone is 1. The van der Waals surface area contributed by atoms with Gasteiger partial charge in [-0.25, -0.2) is 0 Å². The van der Waals surface area contributed by atoms with Crippen LogP contribution in [0.4, 0.5) is 0 Å². The summed E-state index contributed by atoms with van der Waals surface area (Å²) in [5, 5.41) is 8.89. The number of benzene rings is 1. The molecule has 1 aromatic carbocycles. The molecule has 0 aliphatic carbocycles. The predicted molar refractivity (Wildman–Crippen MR) is 72.4 cm³/mol.